The van der Waals surface area contributed by atoms with Crippen LogP contribution in [0.3, 0.4) is 0 Å². The van der Waals surface area contributed by atoms with E-state index in [0.717, 1.165) is 10.9 Å². The summed E-state index contributed by atoms with van der Waals surface area (Å²) in [5, 5.41) is 20.2. The maximum Gasteiger partial charge on any atom is 0.325 e. The van der Waals surface area contributed by atoms with E-state index in [0.29, 0.717) is 30.0 Å². The lowest BCUT2D eigenvalue weighted by Crippen LogP contribution is -2.43. The van der Waals surface area contributed by atoms with Gasteiger partial charge in [0.1, 0.15) is 6.04 Å². The smallest absolute Gasteiger partial charge is 0.325 e. The normalized spacial score (nSPS) is 20.5. The molecule has 1 aliphatic heterocycles. The minimum absolute atomic E-state index is 0.236. The highest BCUT2D eigenvalue weighted by Crippen LogP contribution is 2.33. The van der Waals surface area contributed by atoms with Crippen molar-refractivity contribution < 1.29 is 19.8 Å². The van der Waals surface area contributed by atoms with Gasteiger partial charge in [0.2, 0.25) is 0 Å². The van der Waals surface area contributed by atoms with Crippen molar-refractivity contribution in [3.63, 3.8) is 0 Å². The zero-order chi connectivity index (χ0) is 16.6. The number of halogens is 1. The fourth-order valence-corrected chi connectivity index (χ4v) is 3.44. The van der Waals surface area contributed by atoms with Gasteiger partial charge in [-0.1, -0.05) is 11.6 Å². The van der Waals surface area contributed by atoms with Gasteiger partial charge in [0.05, 0.1) is 5.92 Å². The molecule has 7 heteroatoms. The minimum Gasteiger partial charge on any atom is -0.481 e. The van der Waals surface area contributed by atoms with Gasteiger partial charge in [-0.25, -0.2) is 0 Å². The molecule has 3 rings (SSSR count). The van der Waals surface area contributed by atoms with Crippen LogP contribution in [0.15, 0.2) is 24.4 Å². The Morgan fingerprint density at radius 2 is 2.13 bits per heavy atom. The highest BCUT2D eigenvalue weighted by Gasteiger charge is 2.35. The molecule has 1 saturated heterocycles. The fraction of sp³-hybridized carbons (Fsp3) is 0.375. The molecule has 0 aliphatic carbocycles. The number of aliphatic carboxylic acids is 2. The largest absolute Gasteiger partial charge is 0.481 e. The number of nitrogens with zero attached hydrogens (tertiary/aromatic N) is 1. The molecular weight excluding hydrogens is 320 g/mol. The van der Waals surface area contributed by atoms with Crippen molar-refractivity contribution in [2.45, 2.75) is 18.9 Å². The van der Waals surface area contributed by atoms with E-state index in [-0.39, 0.29) is 6.54 Å². The summed E-state index contributed by atoms with van der Waals surface area (Å²) >= 11 is 6.03. The second-order valence-electron chi connectivity index (χ2n) is 5.85. The predicted molar refractivity (Wildman–Crippen MR) is 85.6 cm³/mol. The van der Waals surface area contributed by atoms with Gasteiger partial charge in [-0.05, 0) is 37.6 Å². The van der Waals surface area contributed by atoms with Crippen molar-refractivity contribution >= 4 is 34.4 Å². The van der Waals surface area contributed by atoms with E-state index in [1.54, 1.807) is 29.3 Å². The highest BCUT2D eigenvalue weighted by atomic mass is 35.5. The van der Waals surface area contributed by atoms with E-state index in [1.807, 2.05) is 0 Å². The summed E-state index contributed by atoms with van der Waals surface area (Å²) in [6.07, 6.45) is 2.92. The van der Waals surface area contributed by atoms with Crippen molar-refractivity contribution in [1.82, 2.24) is 9.88 Å². The maximum atomic E-state index is 11.9. The van der Waals surface area contributed by atoms with Crippen molar-refractivity contribution in [1.29, 1.82) is 0 Å². The Balaban J connectivity index is 1.99. The Morgan fingerprint density at radius 3 is 2.83 bits per heavy atom. The molecular formula is C16H17ClN2O4. The minimum atomic E-state index is -0.989. The Bertz CT molecular complexity index is 758. The summed E-state index contributed by atoms with van der Waals surface area (Å²) in [5.41, 5.74) is 1.42. The van der Waals surface area contributed by atoms with Gasteiger partial charge < -0.3 is 15.2 Å². The molecule has 2 aromatic rings. The summed E-state index contributed by atoms with van der Waals surface area (Å²) in [6.45, 7) is 0.799. The summed E-state index contributed by atoms with van der Waals surface area (Å²) in [4.78, 5) is 27.9. The SMILES string of the molecule is O=C(O)[C@H]1CCCN([C@@H](C(=O)O)c2c[nH]c3ccc(Cl)cc23)C1. The zero-order valence-corrected chi connectivity index (χ0v) is 13.1. The average molecular weight is 337 g/mol. The molecule has 3 N–H and O–H groups in total. The molecule has 2 heterocycles. The monoisotopic (exact) mass is 336 g/mol. The third kappa shape index (κ3) is 3.04. The molecule has 6 nitrogen and oxygen atoms in total. The third-order valence-corrected chi connectivity index (χ3v) is 4.61. The fourth-order valence-electron chi connectivity index (χ4n) is 3.27. The molecule has 0 saturated carbocycles. The number of benzene rings is 1. The number of hydrogen-bond acceptors (Lipinski definition) is 3. The molecule has 0 bridgehead atoms. The van der Waals surface area contributed by atoms with Gasteiger partial charge in [-0.3, -0.25) is 14.5 Å². The molecule has 1 fully saturated rings. The lowest BCUT2D eigenvalue weighted by atomic mass is 9.94. The molecule has 23 heavy (non-hydrogen) atoms. The first-order valence-electron chi connectivity index (χ1n) is 7.43. The van der Waals surface area contributed by atoms with Gasteiger partial charge in [0, 0.05) is 34.2 Å². The number of nitrogens with one attached hydrogen (secondary N) is 1. The van der Waals surface area contributed by atoms with Crippen LogP contribution >= 0.6 is 11.6 Å². The van der Waals surface area contributed by atoms with Crippen molar-refractivity contribution in [3.05, 3.63) is 35.0 Å². The topological polar surface area (TPSA) is 93.6 Å². The number of aromatic amines is 1. The Kier molecular flexibility index (Phi) is 4.28. The summed E-state index contributed by atoms with van der Waals surface area (Å²) < 4.78 is 0. The standard InChI is InChI=1S/C16H17ClN2O4/c17-10-3-4-13-11(6-10)12(7-18-13)14(16(22)23)19-5-1-2-9(8-19)15(20)21/h3-4,6-7,9,14,18H,1-2,5,8H2,(H,20,21)(H,22,23)/t9-,14+/m0/s1. The third-order valence-electron chi connectivity index (χ3n) is 4.37. The van der Waals surface area contributed by atoms with E-state index in [4.69, 9.17) is 11.6 Å². The number of aromatic nitrogens is 1. The number of carbonyl (C=O) groups is 2. The second-order valence-corrected chi connectivity index (χ2v) is 6.28. The number of carboxylic acid groups (broad SMARTS) is 2. The van der Waals surface area contributed by atoms with Gasteiger partial charge >= 0.3 is 11.9 Å². The highest BCUT2D eigenvalue weighted by molar-refractivity contribution is 6.31. The first-order chi connectivity index (χ1) is 11.0. The van der Waals surface area contributed by atoms with Crippen LogP contribution in [0, 0.1) is 5.92 Å². The lowest BCUT2D eigenvalue weighted by Gasteiger charge is -2.34. The molecule has 0 unspecified atom stereocenters. The molecule has 122 valence electrons. The average Bonchev–Trinajstić information content (AvgIpc) is 2.90. The van der Waals surface area contributed by atoms with Crippen molar-refractivity contribution in [2.24, 2.45) is 5.92 Å². The van der Waals surface area contributed by atoms with Crippen LogP contribution < -0.4 is 0 Å². The number of likely N-dealkylation sites (tertiary alicyclic amines) is 1. The first kappa shape index (κ1) is 15.8. The number of rotatable bonds is 4. The quantitative estimate of drug-likeness (QED) is 0.798. The van der Waals surface area contributed by atoms with Crippen LogP contribution in [-0.2, 0) is 9.59 Å². The van der Waals surface area contributed by atoms with Crippen LogP contribution in [0.2, 0.25) is 5.02 Å². The summed E-state index contributed by atoms with van der Waals surface area (Å²) in [6, 6.07) is 4.39. The molecule has 0 amide bonds. The Hall–Kier alpha value is -2.05. The van der Waals surface area contributed by atoms with E-state index < -0.39 is 23.9 Å². The van der Waals surface area contributed by atoms with Gasteiger partial charge in [-0.2, -0.15) is 0 Å². The molecule has 0 spiro atoms. The summed E-state index contributed by atoms with van der Waals surface area (Å²) in [5.74, 6) is -2.39. The number of hydrogen-bond donors (Lipinski definition) is 3. The molecule has 1 aliphatic rings. The predicted octanol–water partition coefficient (Wildman–Crippen LogP) is 2.74. The van der Waals surface area contributed by atoms with Crippen molar-refractivity contribution in [2.75, 3.05) is 13.1 Å². The zero-order valence-electron chi connectivity index (χ0n) is 12.3. The number of piperidine rings is 1. The molecule has 0 radical (unpaired) electrons. The number of fused-ring (bicyclic) bond motifs is 1. The van der Waals surface area contributed by atoms with E-state index >= 15 is 0 Å². The van der Waals surface area contributed by atoms with Crippen LogP contribution in [0.4, 0.5) is 0 Å². The molecule has 1 aromatic carbocycles. The second kappa shape index (κ2) is 6.22. The van der Waals surface area contributed by atoms with Crippen LogP contribution in [-0.4, -0.2) is 45.1 Å². The van der Waals surface area contributed by atoms with Crippen LogP contribution in [0.25, 0.3) is 10.9 Å². The number of H-pyrrole nitrogens is 1. The van der Waals surface area contributed by atoms with Gasteiger partial charge in [-0.15, -0.1) is 0 Å². The van der Waals surface area contributed by atoms with Crippen LogP contribution in [0.5, 0.6) is 0 Å². The van der Waals surface area contributed by atoms with Crippen molar-refractivity contribution in [3.8, 4) is 0 Å². The maximum absolute atomic E-state index is 11.9. The van der Waals surface area contributed by atoms with E-state index in [1.165, 1.54) is 0 Å². The van der Waals surface area contributed by atoms with Crippen LogP contribution in [0.1, 0.15) is 24.4 Å². The van der Waals surface area contributed by atoms with E-state index in [2.05, 4.69) is 4.98 Å². The Morgan fingerprint density at radius 1 is 1.35 bits per heavy atom. The van der Waals surface area contributed by atoms with Gasteiger partial charge in [0.15, 0.2) is 0 Å². The molecule has 1 aromatic heterocycles. The lowest BCUT2D eigenvalue weighted by molar-refractivity contribution is -0.149. The number of carboxylic acids is 2. The molecule has 2 atom stereocenters. The Labute approximate surface area is 137 Å². The van der Waals surface area contributed by atoms with E-state index in [9.17, 15) is 19.8 Å². The summed E-state index contributed by atoms with van der Waals surface area (Å²) in [7, 11) is 0. The first-order valence-corrected chi connectivity index (χ1v) is 7.81. The van der Waals surface area contributed by atoms with Gasteiger partial charge in [0.25, 0.3) is 0 Å².